The maximum Gasteiger partial charge on any atom is 0.127 e. The number of rotatable bonds is 7. The lowest BCUT2D eigenvalue weighted by Crippen LogP contribution is -2.27. The predicted molar refractivity (Wildman–Crippen MR) is 76.6 cm³/mol. The highest BCUT2D eigenvalue weighted by Gasteiger charge is 2.24. The maximum absolute atomic E-state index is 10.2. The van der Waals surface area contributed by atoms with Gasteiger partial charge in [0.2, 0.25) is 0 Å². The summed E-state index contributed by atoms with van der Waals surface area (Å²) in [5, 5.41) is 10.2. The molecule has 108 valence electrons. The molecule has 0 heterocycles. The molecule has 4 heteroatoms. The van der Waals surface area contributed by atoms with Gasteiger partial charge >= 0.3 is 0 Å². The molecule has 1 aromatic carbocycles. The topological polar surface area (TPSA) is 64.7 Å². The Balaban J connectivity index is 2.93. The summed E-state index contributed by atoms with van der Waals surface area (Å²) in [5.74, 6) is 1.84. The first-order valence-electron chi connectivity index (χ1n) is 6.65. The quantitative estimate of drug-likeness (QED) is 0.796. The van der Waals surface area contributed by atoms with Crippen LogP contribution in [0.1, 0.15) is 38.3 Å². The normalized spacial score (nSPS) is 14.3. The first kappa shape index (κ1) is 15.8. The molecular formula is C15H25NO3. The van der Waals surface area contributed by atoms with Gasteiger partial charge in [-0.25, -0.2) is 0 Å². The number of aliphatic hydroxyl groups excluding tert-OH is 1. The van der Waals surface area contributed by atoms with Crippen molar-refractivity contribution in [1.82, 2.24) is 0 Å². The summed E-state index contributed by atoms with van der Waals surface area (Å²) < 4.78 is 10.6. The molecule has 0 bridgehead atoms. The van der Waals surface area contributed by atoms with Crippen molar-refractivity contribution in [1.29, 1.82) is 0 Å². The van der Waals surface area contributed by atoms with Crippen molar-refractivity contribution in [3.63, 3.8) is 0 Å². The second-order valence-electron chi connectivity index (χ2n) is 5.14. The van der Waals surface area contributed by atoms with Crippen molar-refractivity contribution in [2.45, 2.75) is 38.8 Å². The summed E-state index contributed by atoms with van der Waals surface area (Å²) in [5.41, 5.74) is 6.89. The second kappa shape index (κ2) is 7.36. The highest BCUT2D eigenvalue weighted by Crippen LogP contribution is 2.35. The number of aliphatic hydroxyl groups is 1. The molecule has 0 aliphatic carbocycles. The number of ether oxygens (including phenoxy) is 2. The van der Waals surface area contributed by atoms with Crippen molar-refractivity contribution in [3.8, 4) is 11.5 Å². The van der Waals surface area contributed by atoms with Crippen LogP contribution in [0.15, 0.2) is 18.2 Å². The molecule has 2 atom stereocenters. The zero-order chi connectivity index (χ0) is 14.4. The molecule has 0 amide bonds. The summed E-state index contributed by atoms with van der Waals surface area (Å²) in [4.78, 5) is 0. The molecular weight excluding hydrogens is 242 g/mol. The van der Waals surface area contributed by atoms with Crippen LogP contribution >= 0.6 is 0 Å². The summed E-state index contributed by atoms with van der Waals surface area (Å²) in [6.45, 7) is 4.25. The summed E-state index contributed by atoms with van der Waals surface area (Å²) in [6.07, 6.45) is 0.999. The first-order chi connectivity index (χ1) is 9.01. The zero-order valence-electron chi connectivity index (χ0n) is 12.2. The largest absolute Gasteiger partial charge is 0.496 e. The Kier molecular flexibility index (Phi) is 6.12. The van der Waals surface area contributed by atoms with Gasteiger partial charge in [0.15, 0.2) is 0 Å². The number of hydrogen-bond donors (Lipinski definition) is 2. The lowest BCUT2D eigenvalue weighted by atomic mass is 9.95. The fourth-order valence-corrected chi connectivity index (χ4v) is 2.08. The lowest BCUT2D eigenvalue weighted by molar-refractivity contribution is 0.126. The third-order valence-corrected chi connectivity index (χ3v) is 3.25. The number of nitrogens with two attached hydrogens (primary N) is 1. The van der Waals surface area contributed by atoms with E-state index in [2.05, 4.69) is 13.8 Å². The molecule has 0 unspecified atom stereocenters. The van der Waals surface area contributed by atoms with Gasteiger partial charge in [-0.05, 0) is 30.9 Å². The third-order valence-electron chi connectivity index (χ3n) is 3.25. The van der Waals surface area contributed by atoms with Crippen molar-refractivity contribution in [2.24, 2.45) is 11.7 Å². The number of methoxy groups -OCH3 is 2. The molecule has 0 aromatic heterocycles. The van der Waals surface area contributed by atoms with Gasteiger partial charge in [-0.1, -0.05) is 19.9 Å². The summed E-state index contributed by atoms with van der Waals surface area (Å²) >= 11 is 0. The van der Waals surface area contributed by atoms with Crippen LogP contribution in [0.3, 0.4) is 0 Å². The Morgan fingerprint density at radius 1 is 1.11 bits per heavy atom. The molecule has 0 aliphatic rings. The molecule has 0 aliphatic heterocycles. The SMILES string of the molecule is COc1cccc(OC)c1[C@@H](N)[C@@H](O)CCC(C)C. The van der Waals surface area contributed by atoms with Crippen LogP contribution in [0.5, 0.6) is 11.5 Å². The van der Waals surface area contributed by atoms with Gasteiger partial charge in [0.25, 0.3) is 0 Å². The van der Waals surface area contributed by atoms with Crippen molar-refractivity contribution in [3.05, 3.63) is 23.8 Å². The van der Waals surface area contributed by atoms with Crippen LogP contribution in [0, 0.1) is 5.92 Å². The second-order valence-corrected chi connectivity index (χ2v) is 5.14. The van der Waals surface area contributed by atoms with E-state index in [0.717, 1.165) is 12.0 Å². The Morgan fingerprint density at radius 2 is 1.63 bits per heavy atom. The van der Waals surface area contributed by atoms with Crippen LogP contribution in [0.25, 0.3) is 0 Å². The van der Waals surface area contributed by atoms with Crippen LogP contribution in [-0.4, -0.2) is 25.4 Å². The van der Waals surface area contributed by atoms with Crippen molar-refractivity contribution < 1.29 is 14.6 Å². The Bertz CT molecular complexity index is 371. The van der Waals surface area contributed by atoms with Gasteiger partial charge in [-0.15, -0.1) is 0 Å². The smallest absolute Gasteiger partial charge is 0.127 e. The van der Waals surface area contributed by atoms with Gasteiger partial charge in [-0.2, -0.15) is 0 Å². The minimum absolute atomic E-state index is 0.509. The molecule has 19 heavy (non-hydrogen) atoms. The van der Waals surface area contributed by atoms with E-state index in [9.17, 15) is 5.11 Å². The van der Waals surface area contributed by atoms with E-state index in [1.807, 2.05) is 18.2 Å². The fraction of sp³-hybridized carbons (Fsp3) is 0.600. The van der Waals surface area contributed by atoms with Gasteiger partial charge in [0, 0.05) is 0 Å². The summed E-state index contributed by atoms with van der Waals surface area (Å²) in [6, 6.07) is 4.98. The van der Waals surface area contributed by atoms with Crippen LogP contribution in [0.4, 0.5) is 0 Å². The molecule has 0 saturated heterocycles. The minimum Gasteiger partial charge on any atom is -0.496 e. The maximum atomic E-state index is 10.2. The third kappa shape index (κ3) is 4.11. The van der Waals surface area contributed by atoms with Crippen molar-refractivity contribution >= 4 is 0 Å². The molecule has 0 radical (unpaired) electrons. The van der Waals surface area contributed by atoms with E-state index in [4.69, 9.17) is 15.2 Å². The highest BCUT2D eigenvalue weighted by molar-refractivity contribution is 5.47. The van der Waals surface area contributed by atoms with Crippen LogP contribution in [0.2, 0.25) is 0 Å². The molecule has 4 nitrogen and oxygen atoms in total. The highest BCUT2D eigenvalue weighted by atomic mass is 16.5. The van der Waals surface area contributed by atoms with E-state index in [0.29, 0.717) is 23.8 Å². The van der Waals surface area contributed by atoms with Gasteiger partial charge in [-0.3, -0.25) is 0 Å². The summed E-state index contributed by atoms with van der Waals surface area (Å²) in [7, 11) is 3.18. The number of benzene rings is 1. The van der Waals surface area contributed by atoms with Crippen LogP contribution < -0.4 is 15.2 Å². The van der Waals surface area contributed by atoms with Gasteiger partial charge in [0.05, 0.1) is 31.9 Å². The average molecular weight is 267 g/mol. The molecule has 0 saturated carbocycles. The van der Waals surface area contributed by atoms with Crippen molar-refractivity contribution in [2.75, 3.05) is 14.2 Å². The number of hydrogen-bond acceptors (Lipinski definition) is 4. The van der Waals surface area contributed by atoms with E-state index in [1.165, 1.54) is 0 Å². The lowest BCUT2D eigenvalue weighted by Gasteiger charge is -2.23. The van der Waals surface area contributed by atoms with Gasteiger partial charge < -0.3 is 20.3 Å². The van der Waals surface area contributed by atoms with E-state index in [-0.39, 0.29) is 0 Å². The zero-order valence-corrected chi connectivity index (χ0v) is 12.2. The Morgan fingerprint density at radius 3 is 2.05 bits per heavy atom. The van der Waals surface area contributed by atoms with E-state index >= 15 is 0 Å². The fourth-order valence-electron chi connectivity index (χ4n) is 2.08. The average Bonchev–Trinajstić information content (AvgIpc) is 2.42. The molecule has 1 aromatic rings. The van der Waals surface area contributed by atoms with Gasteiger partial charge in [0.1, 0.15) is 11.5 Å². The Hall–Kier alpha value is -1.26. The Labute approximate surface area is 115 Å². The minimum atomic E-state index is -0.604. The first-order valence-corrected chi connectivity index (χ1v) is 6.65. The molecule has 0 spiro atoms. The van der Waals surface area contributed by atoms with Crippen LogP contribution in [-0.2, 0) is 0 Å². The predicted octanol–water partition coefficient (Wildman–Crippen LogP) is 2.50. The molecule has 3 N–H and O–H groups in total. The monoisotopic (exact) mass is 267 g/mol. The van der Waals surface area contributed by atoms with E-state index in [1.54, 1.807) is 14.2 Å². The molecule has 0 fully saturated rings. The van der Waals surface area contributed by atoms with E-state index < -0.39 is 12.1 Å². The molecule has 1 rings (SSSR count). The standard InChI is InChI=1S/C15H25NO3/c1-10(2)8-9-11(17)15(16)14-12(18-3)6-5-7-13(14)19-4/h5-7,10-11,15,17H,8-9,16H2,1-4H3/t11-,15-/m0/s1.